The zero-order chi connectivity index (χ0) is 7.68. The van der Waals surface area contributed by atoms with Gasteiger partial charge in [-0.05, 0) is 44.6 Å². The van der Waals surface area contributed by atoms with Crippen LogP contribution in [0.1, 0.15) is 38.5 Å². The average molecular weight is 153 g/mol. The predicted octanol–water partition coefficient (Wildman–Crippen LogP) is 2.17. The van der Waals surface area contributed by atoms with Crippen LogP contribution in [-0.2, 0) is 0 Å². The summed E-state index contributed by atoms with van der Waals surface area (Å²) in [7, 11) is 2.13. The van der Waals surface area contributed by atoms with Gasteiger partial charge in [-0.25, -0.2) is 0 Å². The second-order valence-corrected chi connectivity index (χ2v) is 4.18. The third-order valence-electron chi connectivity index (χ3n) is 3.42. The molecule has 0 saturated heterocycles. The molecule has 0 aromatic heterocycles. The largest absolute Gasteiger partial charge is 0.317 e. The maximum atomic E-state index is 3.48. The highest BCUT2D eigenvalue weighted by Gasteiger charge is 2.36. The van der Waals surface area contributed by atoms with Gasteiger partial charge in [0.2, 0.25) is 0 Å². The molecule has 2 atom stereocenters. The molecule has 0 radical (unpaired) electrons. The molecule has 1 nitrogen and oxygen atoms in total. The summed E-state index contributed by atoms with van der Waals surface area (Å²) in [6.45, 7) is 0. The molecule has 64 valence electrons. The van der Waals surface area contributed by atoms with Crippen molar-refractivity contribution >= 4 is 0 Å². The van der Waals surface area contributed by atoms with Crippen molar-refractivity contribution in [3.8, 4) is 0 Å². The van der Waals surface area contributed by atoms with E-state index in [2.05, 4.69) is 12.4 Å². The van der Waals surface area contributed by atoms with Gasteiger partial charge >= 0.3 is 0 Å². The van der Waals surface area contributed by atoms with Crippen LogP contribution in [0.2, 0.25) is 0 Å². The lowest BCUT2D eigenvalue weighted by Gasteiger charge is -2.31. The lowest BCUT2D eigenvalue weighted by Crippen LogP contribution is -2.37. The zero-order valence-electron chi connectivity index (χ0n) is 7.47. The van der Waals surface area contributed by atoms with Gasteiger partial charge < -0.3 is 5.32 Å². The van der Waals surface area contributed by atoms with Gasteiger partial charge in [0.05, 0.1) is 0 Å². The van der Waals surface area contributed by atoms with Crippen LogP contribution in [0.25, 0.3) is 0 Å². The molecule has 2 fully saturated rings. The van der Waals surface area contributed by atoms with Crippen LogP contribution in [0.5, 0.6) is 0 Å². The molecule has 0 bridgehead atoms. The molecule has 2 saturated carbocycles. The van der Waals surface area contributed by atoms with Crippen molar-refractivity contribution in [2.45, 2.75) is 44.6 Å². The summed E-state index contributed by atoms with van der Waals surface area (Å²) in [6.07, 6.45) is 8.90. The SMILES string of the molecule is CNC1CCCCC1C1CC1. The van der Waals surface area contributed by atoms with E-state index in [0.717, 1.165) is 17.9 Å². The first-order valence-electron chi connectivity index (χ1n) is 5.09. The van der Waals surface area contributed by atoms with Crippen molar-refractivity contribution in [2.75, 3.05) is 7.05 Å². The normalized spacial score (nSPS) is 39.0. The maximum Gasteiger partial charge on any atom is 0.00949 e. The van der Waals surface area contributed by atoms with E-state index in [1.165, 1.54) is 38.5 Å². The van der Waals surface area contributed by atoms with Gasteiger partial charge in [-0.15, -0.1) is 0 Å². The van der Waals surface area contributed by atoms with Crippen LogP contribution in [0.3, 0.4) is 0 Å². The average Bonchev–Trinajstić information content (AvgIpc) is 2.87. The lowest BCUT2D eigenvalue weighted by molar-refractivity contribution is 0.246. The molecular weight excluding hydrogens is 134 g/mol. The third kappa shape index (κ3) is 1.58. The second-order valence-electron chi connectivity index (χ2n) is 4.18. The Balaban J connectivity index is 1.91. The molecular formula is C10H19N. The Kier molecular flexibility index (Phi) is 2.17. The fourth-order valence-electron chi connectivity index (χ4n) is 2.61. The van der Waals surface area contributed by atoms with Gasteiger partial charge in [-0.1, -0.05) is 12.8 Å². The highest BCUT2D eigenvalue weighted by atomic mass is 14.9. The Labute approximate surface area is 69.6 Å². The summed E-state index contributed by atoms with van der Waals surface area (Å²) in [5.74, 6) is 2.14. The van der Waals surface area contributed by atoms with Crippen molar-refractivity contribution in [1.29, 1.82) is 0 Å². The van der Waals surface area contributed by atoms with Crippen LogP contribution in [-0.4, -0.2) is 13.1 Å². The highest BCUT2D eigenvalue weighted by molar-refractivity contribution is 4.90. The minimum Gasteiger partial charge on any atom is -0.317 e. The Morgan fingerprint density at radius 3 is 2.36 bits per heavy atom. The summed E-state index contributed by atoms with van der Waals surface area (Å²) in [5.41, 5.74) is 0. The third-order valence-corrected chi connectivity index (χ3v) is 3.42. The summed E-state index contributed by atoms with van der Waals surface area (Å²) in [6, 6.07) is 0.858. The van der Waals surface area contributed by atoms with E-state index in [0.29, 0.717) is 0 Å². The molecule has 2 aliphatic carbocycles. The van der Waals surface area contributed by atoms with Gasteiger partial charge in [-0.3, -0.25) is 0 Å². The number of hydrogen-bond acceptors (Lipinski definition) is 1. The summed E-state index contributed by atoms with van der Waals surface area (Å²) < 4.78 is 0. The van der Waals surface area contributed by atoms with E-state index < -0.39 is 0 Å². The Bertz CT molecular complexity index is 129. The zero-order valence-corrected chi connectivity index (χ0v) is 7.47. The lowest BCUT2D eigenvalue weighted by atomic mass is 9.81. The number of nitrogens with one attached hydrogen (secondary N) is 1. The molecule has 0 aromatic rings. The minimum absolute atomic E-state index is 0.858. The van der Waals surface area contributed by atoms with Gasteiger partial charge in [0.25, 0.3) is 0 Å². The second kappa shape index (κ2) is 3.14. The van der Waals surface area contributed by atoms with Gasteiger partial charge in [0.15, 0.2) is 0 Å². The molecule has 2 unspecified atom stereocenters. The van der Waals surface area contributed by atoms with Crippen molar-refractivity contribution in [3.63, 3.8) is 0 Å². The van der Waals surface area contributed by atoms with Crippen LogP contribution in [0.15, 0.2) is 0 Å². The molecule has 1 heteroatoms. The topological polar surface area (TPSA) is 12.0 Å². The van der Waals surface area contributed by atoms with Gasteiger partial charge in [-0.2, -0.15) is 0 Å². The molecule has 0 aliphatic heterocycles. The molecule has 11 heavy (non-hydrogen) atoms. The molecule has 2 rings (SSSR count). The van der Waals surface area contributed by atoms with Gasteiger partial charge in [0, 0.05) is 6.04 Å². The van der Waals surface area contributed by atoms with Crippen molar-refractivity contribution < 1.29 is 0 Å². The van der Waals surface area contributed by atoms with E-state index >= 15 is 0 Å². The van der Waals surface area contributed by atoms with Crippen molar-refractivity contribution in [2.24, 2.45) is 11.8 Å². The Morgan fingerprint density at radius 1 is 1.00 bits per heavy atom. The van der Waals surface area contributed by atoms with Crippen LogP contribution in [0.4, 0.5) is 0 Å². The highest BCUT2D eigenvalue weighted by Crippen LogP contribution is 2.43. The Morgan fingerprint density at radius 2 is 1.73 bits per heavy atom. The van der Waals surface area contributed by atoms with E-state index in [-0.39, 0.29) is 0 Å². The summed E-state index contributed by atoms with van der Waals surface area (Å²) in [4.78, 5) is 0. The predicted molar refractivity (Wildman–Crippen MR) is 47.5 cm³/mol. The van der Waals surface area contributed by atoms with Crippen LogP contribution < -0.4 is 5.32 Å². The molecule has 0 spiro atoms. The van der Waals surface area contributed by atoms with Crippen molar-refractivity contribution in [1.82, 2.24) is 5.32 Å². The fourth-order valence-corrected chi connectivity index (χ4v) is 2.61. The molecule has 0 aromatic carbocycles. The first kappa shape index (κ1) is 7.60. The molecule has 2 aliphatic rings. The van der Waals surface area contributed by atoms with Crippen LogP contribution in [0, 0.1) is 11.8 Å². The van der Waals surface area contributed by atoms with E-state index in [1.54, 1.807) is 0 Å². The standard InChI is InChI=1S/C10H19N/c1-11-10-5-3-2-4-9(10)8-6-7-8/h8-11H,2-7H2,1H3. The Hall–Kier alpha value is -0.0400. The monoisotopic (exact) mass is 153 g/mol. The number of hydrogen-bond donors (Lipinski definition) is 1. The summed E-state index contributed by atoms with van der Waals surface area (Å²) in [5, 5.41) is 3.48. The van der Waals surface area contributed by atoms with Crippen molar-refractivity contribution in [3.05, 3.63) is 0 Å². The van der Waals surface area contributed by atoms with E-state index in [1.807, 2.05) is 0 Å². The number of rotatable bonds is 2. The molecule has 0 amide bonds. The van der Waals surface area contributed by atoms with Gasteiger partial charge in [0.1, 0.15) is 0 Å². The first-order chi connectivity index (χ1) is 5.42. The van der Waals surface area contributed by atoms with E-state index in [4.69, 9.17) is 0 Å². The minimum atomic E-state index is 0.858. The summed E-state index contributed by atoms with van der Waals surface area (Å²) >= 11 is 0. The first-order valence-corrected chi connectivity index (χ1v) is 5.09. The quantitative estimate of drug-likeness (QED) is 0.641. The maximum absolute atomic E-state index is 3.48. The molecule has 1 N–H and O–H groups in total. The smallest absolute Gasteiger partial charge is 0.00949 e. The molecule has 0 heterocycles. The fraction of sp³-hybridized carbons (Fsp3) is 1.00. The van der Waals surface area contributed by atoms with E-state index in [9.17, 15) is 0 Å². The van der Waals surface area contributed by atoms with Crippen LogP contribution >= 0.6 is 0 Å².